The third-order valence-corrected chi connectivity index (χ3v) is 3.61. The Bertz CT molecular complexity index is 650. The summed E-state index contributed by atoms with van der Waals surface area (Å²) in [6.07, 6.45) is 7.30. The average Bonchev–Trinajstić information content (AvgIpc) is 2.38. The van der Waals surface area contributed by atoms with Crippen molar-refractivity contribution in [2.45, 2.75) is 33.1 Å². The highest BCUT2D eigenvalue weighted by atomic mass is 16.1. The van der Waals surface area contributed by atoms with Gasteiger partial charge in [0.05, 0.1) is 11.3 Å². The molecule has 0 aromatic carbocycles. The van der Waals surface area contributed by atoms with Crippen LogP contribution in [0.4, 0.5) is 0 Å². The number of fused-ring (bicyclic) bond motifs is 1. The third kappa shape index (κ3) is 2.59. The van der Waals surface area contributed by atoms with Crippen molar-refractivity contribution >= 4 is 5.78 Å². The number of hydrogen-bond acceptors (Lipinski definition) is 4. The van der Waals surface area contributed by atoms with E-state index in [0.29, 0.717) is 18.4 Å². The minimum atomic E-state index is -0.00757. The molecule has 0 bridgehead atoms. The first kappa shape index (κ1) is 12.9. The van der Waals surface area contributed by atoms with E-state index in [2.05, 4.69) is 28.8 Å². The predicted octanol–water partition coefficient (Wildman–Crippen LogP) is 2.62. The highest BCUT2D eigenvalue weighted by Gasteiger charge is 2.32. The number of Topliss-reactive ketones (excluding diaryl/α,β-unsaturated/α-hetero) is 1. The van der Waals surface area contributed by atoms with Crippen LogP contribution in [-0.2, 0) is 12.8 Å². The highest BCUT2D eigenvalue weighted by Crippen LogP contribution is 2.33. The predicted molar refractivity (Wildman–Crippen MR) is 75.5 cm³/mol. The Morgan fingerprint density at radius 2 is 1.95 bits per heavy atom. The summed E-state index contributed by atoms with van der Waals surface area (Å²) in [6.45, 7) is 4.22. The molecule has 0 saturated carbocycles. The molecule has 0 atom stereocenters. The zero-order chi connectivity index (χ0) is 14.2. The van der Waals surface area contributed by atoms with E-state index >= 15 is 0 Å². The molecule has 2 heterocycles. The number of carbonyl (C=O) groups is 1. The second-order valence-corrected chi connectivity index (χ2v) is 6.12. The molecule has 0 radical (unpaired) electrons. The summed E-state index contributed by atoms with van der Waals surface area (Å²) >= 11 is 0. The van der Waals surface area contributed by atoms with Crippen LogP contribution >= 0.6 is 0 Å². The number of nitrogens with zero attached hydrogens (tertiary/aromatic N) is 3. The summed E-state index contributed by atoms with van der Waals surface area (Å²) in [5.74, 6) is 0.923. The van der Waals surface area contributed by atoms with Crippen LogP contribution in [-0.4, -0.2) is 20.7 Å². The van der Waals surface area contributed by atoms with E-state index in [9.17, 15) is 4.79 Å². The zero-order valence-electron chi connectivity index (χ0n) is 11.8. The SMILES string of the molecule is CC1(C)CC(=O)c2cnc(Cc3ccncc3)nc2C1. The van der Waals surface area contributed by atoms with Crippen molar-refractivity contribution in [2.75, 3.05) is 0 Å². The first-order valence-electron chi connectivity index (χ1n) is 6.80. The number of ketones is 1. The van der Waals surface area contributed by atoms with E-state index in [4.69, 9.17) is 0 Å². The Morgan fingerprint density at radius 3 is 2.70 bits per heavy atom. The van der Waals surface area contributed by atoms with Crippen molar-refractivity contribution in [1.82, 2.24) is 15.0 Å². The van der Waals surface area contributed by atoms with Gasteiger partial charge in [0, 0.05) is 31.4 Å². The van der Waals surface area contributed by atoms with Gasteiger partial charge in [0.2, 0.25) is 0 Å². The van der Waals surface area contributed by atoms with Gasteiger partial charge in [0.1, 0.15) is 5.82 Å². The zero-order valence-corrected chi connectivity index (χ0v) is 11.8. The monoisotopic (exact) mass is 267 g/mol. The number of rotatable bonds is 2. The fourth-order valence-corrected chi connectivity index (χ4v) is 2.64. The number of hydrogen-bond donors (Lipinski definition) is 0. The fourth-order valence-electron chi connectivity index (χ4n) is 2.64. The van der Waals surface area contributed by atoms with Gasteiger partial charge in [-0.25, -0.2) is 9.97 Å². The van der Waals surface area contributed by atoms with Gasteiger partial charge in [-0.1, -0.05) is 13.8 Å². The van der Waals surface area contributed by atoms with Gasteiger partial charge in [-0.2, -0.15) is 0 Å². The van der Waals surface area contributed by atoms with E-state index < -0.39 is 0 Å². The molecule has 4 nitrogen and oxygen atoms in total. The molecular weight excluding hydrogens is 250 g/mol. The van der Waals surface area contributed by atoms with E-state index in [-0.39, 0.29) is 11.2 Å². The van der Waals surface area contributed by atoms with Gasteiger partial charge in [-0.05, 0) is 29.5 Å². The largest absolute Gasteiger partial charge is 0.294 e. The van der Waals surface area contributed by atoms with Gasteiger partial charge in [-0.3, -0.25) is 9.78 Å². The first-order chi connectivity index (χ1) is 9.53. The van der Waals surface area contributed by atoms with Gasteiger partial charge in [-0.15, -0.1) is 0 Å². The molecule has 2 aromatic heterocycles. The molecule has 4 heteroatoms. The van der Waals surface area contributed by atoms with Crippen LogP contribution in [0.1, 0.15) is 47.7 Å². The van der Waals surface area contributed by atoms with Crippen LogP contribution < -0.4 is 0 Å². The summed E-state index contributed by atoms with van der Waals surface area (Å²) < 4.78 is 0. The Labute approximate surface area is 118 Å². The Morgan fingerprint density at radius 1 is 1.20 bits per heavy atom. The summed E-state index contributed by atoms with van der Waals surface area (Å²) in [6, 6.07) is 3.91. The molecule has 0 amide bonds. The fraction of sp³-hybridized carbons (Fsp3) is 0.375. The number of carbonyl (C=O) groups excluding carboxylic acids is 1. The average molecular weight is 267 g/mol. The van der Waals surface area contributed by atoms with E-state index in [0.717, 1.165) is 23.5 Å². The van der Waals surface area contributed by atoms with Gasteiger partial charge in [0.25, 0.3) is 0 Å². The normalized spacial score (nSPS) is 16.8. The Balaban J connectivity index is 1.91. The highest BCUT2D eigenvalue weighted by molar-refractivity contribution is 5.98. The summed E-state index contributed by atoms with van der Waals surface area (Å²) in [7, 11) is 0. The van der Waals surface area contributed by atoms with Crippen LogP contribution in [0.15, 0.2) is 30.7 Å². The molecule has 0 saturated heterocycles. The first-order valence-corrected chi connectivity index (χ1v) is 6.80. The number of aromatic nitrogens is 3. The molecule has 0 spiro atoms. The quantitative estimate of drug-likeness (QED) is 0.839. The maximum Gasteiger partial charge on any atom is 0.166 e. The van der Waals surface area contributed by atoms with Gasteiger partial charge >= 0.3 is 0 Å². The standard InChI is InChI=1S/C16H17N3O/c1-16(2)8-13-12(14(20)9-16)10-18-15(19-13)7-11-3-5-17-6-4-11/h3-6,10H,7-9H2,1-2H3. The lowest BCUT2D eigenvalue weighted by atomic mass is 9.76. The lowest BCUT2D eigenvalue weighted by molar-refractivity contribution is 0.0909. The summed E-state index contributed by atoms with van der Waals surface area (Å²) in [4.78, 5) is 25.0. The van der Waals surface area contributed by atoms with Crippen molar-refractivity contribution in [3.8, 4) is 0 Å². The molecular formula is C16H17N3O. The van der Waals surface area contributed by atoms with Crippen LogP contribution in [0.25, 0.3) is 0 Å². The topological polar surface area (TPSA) is 55.7 Å². The van der Waals surface area contributed by atoms with Crippen molar-refractivity contribution < 1.29 is 4.79 Å². The molecule has 2 aromatic rings. The second-order valence-electron chi connectivity index (χ2n) is 6.12. The molecule has 0 fully saturated rings. The summed E-state index contributed by atoms with van der Waals surface area (Å²) in [5, 5.41) is 0. The lowest BCUT2D eigenvalue weighted by Crippen LogP contribution is -2.28. The molecule has 3 rings (SSSR count). The van der Waals surface area contributed by atoms with Crippen LogP contribution in [0.3, 0.4) is 0 Å². The van der Waals surface area contributed by atoms with E-state index in [1.165, 1.54) is 0 Å². The lowest BCUT2D eigenvalue weighted by Gasteiger charge is -2.29. The minimum absolute atomic E-state index is 0.00757. The Kier molecular flexibility index (Phi) is 3.08. The smallest absolute Gasteiger partial charge is 0.166 e. The van der Waals surface area contributed by atoms with Gasteiger partial charge in [0.15, 0.2) is 5.78 Å². The van der Waals surface area contributed by atoms with Crippen molar-refractivity contribution in [1.29, 1.82) is 0 Å². The van der Waals surface area contributed by atoms with Crippen molar-refractivity contribution in [2.24, 2.45) is 5.41 Å². The van der Waals surface area contributed by atoms with Crippen molar-refractivity contribution in [3.05, 3.63) is 53.4 Å². The van der Waals surface area contributed by atoms with Crippen LogP contribution in [0.2, 0.25) is 0 Å². The Hall–Kier alpha value is -2.10. The molecule has 0 unspecified atom stereocenters. The maximum absolute atomic E-state index is 12.1. The minimum Gasteiger partial charge on any atom is -0.294 e. The summed E-state index contributed by atoms with van der Waals surface area (Å²) in [5.41, 5.74) is 2.71. The molecule has 0 N–H and O–H groups in total. The van der Waals surface area contributed by atoms with Crippen LogP contribution in [0, 0.1) is 5.41 Å². The second kappa shape index (κ2) is 4.78. The van der Waals surface area contributed by atoms with Crippen molar-refractivity contribution in [3.63, 3.8) is 0 Å². The van der Waals surface area contributed by atoms with Gasteiger partial charge < -0.3 is 0 Å². The number of pyridine rings is 1. The molecule has 1 aliphatic rings. The molecule has 20 heavy (non-hydrogen) atoms. The maximum atomic E-state index is 12.1. The molecule has 102 valence electrons. The molecule has 0 aliphatic heterocycles. The van der Waals surface area contributed by atoms with Crippen LogP contribution in [0.5, 0.6) is 0 Å². The van der Waals surface area contributed by atoms with E-state index in [1.54, 1.807) is 18.6 Å². The molecule has 1 aliphatic carbocycles. The third-order valence-electron chi connectivity index (χ3n) is 3.61. The van der Waals surface area contributed by atoms with E-state index in [1.807, 2.05) is 12.1 Å².